The lowest BCUT2D eigenvalue weighted by Gasteiger charge is -2.03. The first kappa shape index (κ1) is 13.0. The molecule has 0 unspecified atom stereocenters. The van der Waals surface area contributed by atoms with Gasteiger partial charge in [0.15, 0.2) is 5.82 Å². The molecule has 0 spiro atoms. The zero-order valence-corrected chi connectivity index (χ0v) is 11.2. The summed E-state index contributed by atoms with van der Waals surface area (Å²) < 4.78 is 2.90. The average molecular weight is 279 g/mol. The minimum atomic E-state index is -0.156. The van der Waals surface area contributed by atoms with Crippen LogP contribution < -0.4 is 5.56 Å². The van der Waals surface area contributed by atoms with E-state index < -0.39 is 0 Å². The lowest BCUT2D eigenvalue weighted by Crippen LogP contribution is -2.22. The number of rotatable bonds is 4. The summed E-state index contributed by atoms with van der Waals surface area (Å²) in [4.78, 5) is 15.7. The van der Waals surface area contributed by atoms with Gasteiger partial charge in [-0.05, 0) is 11.6 Å². The van der Waals surface area contributed by atoms with Gasteiger partial charge in [0.05, 0.1) is 6.54 Å². The zero-order chi connectivity index (χ0) is 14.5. The van der Waals surface area contributed by atoms with Crippen molar-refractivity contribution in [1.82, 2.24) is 24.5 Å². The fourth-order valence-electron chi connectivity index (χ4n) is 1.87. The van der Waals surface area contributed by atoms with Gasteiger partial charge < -0.3 is 0 Å². The van der Waals surface area contributed by atoms with E-state index in [0.29, 0.717) is 12.4 Å². The summed E-state index contributed by atoms with van der Waals surface area (Å²) in [6, 6.07) is 13.0. The Kier molecular flexibility index (Phi) is 3.68. The third-order valence-electron chi connectivity index (χ3n) is 2.89. The molecule has 6 nitrogen and oxygen atoms in total. The van der Waals surface area contributed by atoms with E-state index in [2.05, 4.69) is 15.2 Å². The van der Waals surface area contributed by atoms with Crippen molar-refractivity contribution in [3.8, 4) is 5.82 Å². The van der Waals surface area contributed by atoms with Gasteiger partial charge in [-0.15, -0.1) is 5.10 Å². The average Bonchev–Trinajstić information content (AvgIpc) is 3.04. The van der Waals surface area contributed by atoms with E-state index in [9.17, 15) is 4.79 Å². The minimum absolute atomic E-state index is 0.156. The molecule has 21 heavy (non-hydrogen) atoms. The van der Waals surface area contributed by atoms with Crippen LogP contribution in [-0.2, 0) is 6.54 Å². The second-order valence-corrected chi connectivity index (χ2v) is 4.36. The van der Waals surface area contributed by atoms with Crippen molar-refractivity contribution >= 4 is 6.08 Å². The van der Waals surface area contributed by atoms with E-state index in [4.69, 9.17) is 0 Å². The van der Waals surface area contributed by atoms with Gasteiger partial charge in [-0.2, -0.15) is 5.10 Å². The van der Waals surface area contributed by atoms with Gasteiger partial charge in [-0.3, -0.25) is 4.79 Å². The highest BCUT2D eigenvalue weighted by Crippen LogP contribution is 2.01. The molecule has 0 aliphatic rings. The third-order valence-corrected chi connectivity index (χ3v) is 2.89. The number of hydrogen-bond acceptors (Lipinski definition) is 4. The second kappa shape index (κ2) is 5.96. The number of allylic oxidation sites excluding steroid dienone is 1. The summed E-state index contributed by atoms with van der Waals surface area (Å²) in [5, 5.41) is 8.25. The molecule has 104 valence electrons. The van der Waals surface area contributed by atoms with E-state index in [1.807, 2.05) is 42.5 Å². The zero-order valence-electron chi connectivity index (χ0n) is 11.2. The maximum absolute atomic E-state index is 11.8. The standard InChI is InChI=1S/C15H13N5O/c21-15-9-8-14(20-12-16-11-17-20)18-19(15)10-4-7-13-5-2-1-3-6-13/h1-9,11-12H,10H2. The van der Waals surface area contributed by atoms with E-state index in [-0.39, 0.29) is 5.56 Å². The Hall–Kier alpha value is -3.02. The molecular formula is C15H13N5O. The molecule has 0 radical (unpaired) electrons. The monoisotopic (exact) mass is 279 g/mol. The van der Waals surface area contributed by atoms with Gasteiger partial charge >= 0.3 is 0 Å². The van der Waals surface area contributed by atoms with E-state index in [1.165, 1.54) is 28.1 Å². The van der Waals surface area contributed by atoms with Gasteiger partial charge in [-0.25, -0.2) is 14.3 Å². The normalized spacial score (nSPS) is 11.0. The quantitative estimate of drug-likeness (QED) is 0.726. The minimum Gasteiger partial charge on any atom is -0.268 e. The summed E-state index contributed by atoms with van der Waals surface area (Å²) in [5.74, 6) is 0.556. The first-order chi connectivity index (χ1) is 10.3. The van der Waals surface area contributed by atoms with E-state index in [1.54, 1.807) is 6.07 Å². The van der Waals surface area contributed by atoms with Crippen LogP contribution in [0.1, 0.15) is 5.56 Å². The van der Waals surface area contributed by atoms with Gasteiger partial charge in [0, 0.05) is 6.07 Å². The molecule has 0 saturated heterocycles. The molecule has 0 saturated carbocycles. The van der Waals surface area contributed by atoms with Crippen LogP contribution in [0, 0.1) is 0 Å². The lowest BCUT2D eigenvalue weighted by atomic mass is 10.2. The van der Waals surface area contributed by atoms with Crippen LogP contribution in [-0.4, -0.2) is 24.5 Å². The molecule has 0 fully saturated rings. The van der Waals surface area contributed by atoms with Gasteiger partial charge in [0.1, 0.15) is 12.7 Å². The smallest absolute Gasteiger partial charge is 0.267 e. The predicted octanol–water partition coefficient (Wildman–Crippen LogP) is 1.54. The van der Waals surface area contributed by atoms with Crippen LogP contribution in [0.4, 0.5) is 0 Å². The summed E-state index contributed by atoms with van der Waals surface area (Å²) >= 11 is 0. The highest BCUT2D eigenvalue weighted by atomic mass is 16.1. The predicted molar refractivity (Wildman–Crippen MR) is 78.9 cm³/mol. The fraction of sp³-hybridized carbons (Fsp3) is 0.0667. The molecule has 0 aliphatic heterocycles. The highest BCUT2D eigenvalue weighted by Gasteiger charge is 2.01. The molecule has 1 aromatic carbocycles. The molecule has 2 heterocycles. The molecule has 2 aromatic heterocycles. The van der Waals surface area contributed by atoms with Crippen molar-refractivity contribution in [3.63, 3.8) is 0 Å². The third kappa shape index (κ3) is 3.11. The van der Waals surface area contributed by atoms with Crippen molar-refractivity contribution in [2.75, 3.05) is 0 Å². The van der Waals surface area contributed by atoms with Crippen LogP contribution in [0.3, 0.4) is 0 Å². The topological polar surface area (TPSA) is 65.6 Å². The largest absolute Gasteiger partial charge is 0.268 e. The van der Waals surface area contributed by atoms with Crippen molar-refractivity contribution in [2.45, 2.75) is 6.54 Å². The second-order valence-electron chi connectivity index (χ2n) is 4.36. The first-order valence-electron chi connectivity index (χ1n) is 6.48. The maximum atomic E-state index is 11.8. The SMILES string of the molecule is O=c1ccc(-n2cncn2)nn1CC=Cc1ccccc1. The fourth-order valence-corrected chi connectivity index (χ4v) is 1.87. The van der Waals surface area contributed by atoms with E-state index >= 15 is 0 Å². The van der Waals surface area contributed by atoms with Crippen LogP contribution in [0.15, 0.2) is 66.0 Å². The Labute approximate surface area is 121 Å². The van der Waals surface area contributed by atoms with Crippen molar-refractivity contribution in [3.05, 3.63) is 77.1 Å². The molecule has 3 aromatic rings. The molecular weight excluding hydrogens is 266 g/mol. The summed E-state index contributed by atoms with van der Waals surface area (Å²) in [7, 11) is 0. The van der Waals surface area contributed by atoms with Crippen LogP contribution in [0.2, 0.25) is 0 Å². The Morgan fingerprint density at radius 2 is 1.95 bits per heavy atom. The van der Waals surface area contributed by atoms with Crippen LogP contribution in [0.25, 0.3) is 11.9 Å². The molecule has 0 atom stereocenters. The molecule has 0 aliphatic carbocycles. The summed E-state index contributed by atoms with van der Waals surface area (Å²) in [5.41, 5.74) is 0.926. The van der Waals surface area contributed by atoms with Gasteiger partial charge in [-0.1, -0.05) is 42.5 Å². The Bertz CT molecular complexity index is 790. The molecule has 0 amide bonds. The number of hydrogen-bond donors (Lipinski definition) is 0. The lowest BCUT2D eigenvalue weighted by molar-refractivity contribution is 0.630. The molecule has 3 rings (SSSR count). The Morgan fingerprint density at radius 1 is 1.10 bits per heavy atom. The van der Waals surface area contributed by atoms with Crippen LogP contribution >= 0.6 is 0 Å². The van der Waals surface area contributed by atoms with Gasteiger partial charge in [0.25, 0.3) is 5.56 Å². The van der Waals surface area contributed by atoms with Gasteiger partial charge in [0.2, 0.25) is 0 Å². The van der Waals surface area contributed by atoms with Crippen molar-refractivity contribution in [2.24, 2.45) is 0 Å². The number of nitrogens with zero attached hydrogens (tertiary/aromatic N) is 5. The van der Waals surface area contributed by atoms with Crippen molar-refractivity contribution < 1.29 is 0 Å². The molecule has 6 heteroatoms. The number of benzene rings is 1. The summed E-state index contributed by atoms with van der Waals surface area (Å²) in [6.45, 7) is 0.399. The first-order valence-corrected chi connectivity index (χ1v) is 6.48. The Balaban J connectivity index is 1.81. The van der Waals surface area contributed by atoms with Crippen molar-refractivity contribution in [1.29, 1.82) is 0 Å². The highest BCUT2D eigenvalue weighted by molar-refractivity contribution is 5.48. The van der Waals surface area contributed by atoms with E-state index in [0.717, 1.165) is 5.56 Å². The van der Waals surface area contributed by atoms with Crippen LogP contribution in [0.5, 0.6) is 0 Å². The maximum Gasteiger partial charge on any atom is 0.267 e. The molecule has 0 bridgehead atoms. The Morgan fingerprint density at radius 3 is 2.71 bits per heavy atom. The molecule has 0 N–H and O–H groups in total. The summed E-state index contributed by atoms with van der Waals surface area (Å²) in [6.07, 6.45) is 6.81. The number of aromatic nitrogens is 5.